The zero-order chi connectivity index (χ0) is 14.5. The Morgan fingerprint density at radius 1 is 1.25 bits per heavy atom. The molecular formula is C16H14N2OS. The minimum absolute atomic E-state index is 0.108. The molecule has 100 valence electrons. The summed E-state index contributed by atoms with van der Waals surface area (Å²) in [7, 11) is 0. The minimum Gasteiger partial charge on any atom is -0.321 e. The van der Waals surface area contributed by atoms with Gasteiger partial charge in [-0.15, -0.1) is 11.3 Å². The Balaban J connectivity index is 2.18. The first-order chi connectivity index (χ1) is 9.60. The van der Waals surface area contributed by atoms with Gasteiger partial charge < -0.3 is 5.32 Å². The fourth-order valence-corrected chi connectivity index (χ4v) is 2.51. The van der Waals surface area contributed by atoms with E-state index >= 15 is 0 Å². The summed E-state index contributed by atoms with van der Waals surface area (Å²) in [5.74, 6) is -0.385. The normalized spacial score (nSPS) is 10.9. The van der Waals surface area contributed by atoms with Gasteiger partial charge in [-0.05, 0) is 49.1 Å². The van der Waals surface area contributed by atoms with Crippen molar-refractivity contribution in [2.24, 2.45) is 0 Å². The first kappa shape index (κ1) is 14.0. The van der Waals surface area contributed by atoms with E-state index in [9.17, 15) is 4.79 Å². The summed E-state index contributed by atoms with van der Waals surface area (Å²) in [6.45, 7) is 3.93. The molecule has 0 fully saturated rings. The highest BCUT2D eigenvalue weighted by Gasteiger charge is 2.10. The average molecular weight is 282 g/mol. The molecule has 1 heterocycles. The number of hydrogen-bond acceptors (Lipinski definition) is 3. The monoisotopic (exact) mass is 282 g/mol. The van der Waals surface area contributed by atoms with Crippen molar-refractivity contribution in [3.05, 3.63) is 57.3 Å². The van der Waals surface area contributed by atoms with Crippen molar-refractivity contribution < 1.29 is 4.79 Å². The second kappa shape index (κ2) is 6.18. The van der Waals surface area contributed by atoms with Crippen LogP contribution in [0.25, 0.3) is 6.08 Å². The van der Waals surface area contributed by atoms with Crippen LogP contribution in [0.2, 0.25) is 0 Å². The summed E-state index contributed by atoms with van der Waals surface area (Å²) in [4.78, 5) is 13.0. The lowest BCUT2D eigenvalue weighted by Gasteiger charge is -2.04. The van der Waals surface area contributed by atoms with Crippen LogP contribution in [0.1, 0.15) is 16.0 Å². The molecule has 0 aliphatic carbocycles. The van der Waals surface area contributed by atoms with Crippen molar-refractivity contribution in [1.82, 2.24) is 0 Å². The van der Waals surface area contributed by atoms with Crippen molar-refractivity contribution in [2.75, 3.05) is 5.32 Å². The first-order valence-corrected chi connectivity index (χ1v) is 7.02. The van der Waals surface area contributed by atoms with Crippen LogP contribution in [0.5, 0.6) is 0 Å². The van der Waals surface area contributed by atoms with Gasteiger partial charge in [-0.1, -0.05) is 17.7 Å². The van der Waals surface area contributed by atoms with E-state index in [0.717, 1.165) is 16.0 Å². The van der Waals surface area contributed by atoms with Crippen molar-refractivity contribution in [2.45, 2.75) is 13.8 Å². The summed E-state index contributed by atoms with van der Waals surface area (Å²) in [6.07, 6.45) is 1.63. The van der Waals surface area contributed by atoms with Gasteiger partial charge in [-0.3, -0.25) is 4.79 Å². The molecule has 0 spiro atoms. The maximum Gasteiger partial charge on any atom is 0.266 e. The summed E-state index contributed by atoms with van der Waals surface area (Å²) in [5, 5.41) is 13.8. The second-order valence-corrected chi connectivity index (χ2v) is 5.41. The van der Waals surface area contributed by atoms with Crippen LogP contribution in [0.15, 0.2) is 41.3 Å². The van der Waals surface area contributed by atoms with Gasteiger partial charge in [-0.25, -0.2) is 0 Å². The van der Waals surface area contributed by atoms with Crippen molar-refractivity contribution >= 4 is 29.0 Å². The lowest BCUT2D eigenvalue weighted by molar-refractivity contribution is -0.112. The number of benzene rings is 1. The van der Waals surface area contributed by atoms with Crippen molar-refractivity contribution in [3.63, 3.8) is 0 Å². The SMILES string of the molecule is Cc1ccc(NC(=O)/C(C#N)=C\c2sccc2C)cc1. The largest absolute Gasteiger partial charge is 0.321 e. The molecule has 1 amide bonds. The third kappa shape index (κ3) is 3.34. The lowest BCUT2D eigenvalue weighted by atomic mass is 10.2. The molecule has 0 saturated heterocycles. The van der Waals surface area contributed by atoms with E-state index in [1.165, 1.54) is 11.3 Å². The van der Waals surface area contributed by atoms with Crippen molar-refractivity contribution in [3.8, 4) is 6.07 Å². The van der Waals surface area contributed by atoms with Gasteiger partial charge in [0.15, 0.2) is 0 Å². The quantitative estimate of drug-likeness (QED) is 0.685. The number of nitrogens with zero attached hydrogens (tertiary/aromatic N) is 1. The van der Waals surface area contributed by atoms with E-state index in [0.29, 0.717) is 5.69 Å². The number of rotatable bonds is 3. The summed E-state index contributed by atoms with van der Waals surface area (Å²) in [5.41, 5.74) is 2.97. The Morgan fingerprint density at radius 3 is 2.50 bits per heavy atom. The Labute approximate surface area is 122 Å². The number of aryl methyl sites for hydroxylation is 2. The number of anilines is 1. The maximum absolute atomic E-state index is 12.1. The fraction of sp³-hybridized carbons (Fsp3) is 0.125. The molecule has 1 N–H and O–H groups in total. The lowest BCUT2D eigenvalue weighted by Crippen LogP contribution is -2.13. The third-order valence-electron chi connectivity index (χ3n) is 2.85. The Kier molecular flexibility index (Phi) is 4.34. The standard InChI is InChI=1S/C16H14N2OS/c1-11-3-5-14(6-4-11)18-16(19)13(10-17)9-15-12(2)7-8-20-15/h3-9H,1-2H3,(H,18,19)/b13-9-. The molecule has 3 nitrogen and oxygen atoms in total. The number of carbonyl (C=O) groups excluding carboxylic acids is 1. The minimum atomic E-state index is -0.385. The van der Waals surface area contributed by atoms with Gasteiger partial charge in [0.05, 0.1) is 0 Å². The molecular weight excluding hydrogens is 268 g/mol. The molecule has 0 bridgehead atoms. The average Bonchev–Trinajstić information content (AvgIpc) is 2.84. The van der Waals surface area contributed by atoms with Crippen LogP contribution in [-0.2, 0) is 4.79 Å². The van der Waals surface area contributed by atoms with Crippen LogP contribution in [0.3, 0.4) is 0 Å². The molecule has 20 heavy (non-hydrogen) atoms. The highest BCUT2D eigenvalue weighted by atomic mass is 32.1. The predicted octanol–water partition coefficient (Wildman–Crippen LogP) is 3.91. The second-order valence-electron chi connectivity index (χ2n) is 4.46. The van der Waals surface area contributed by atoms with E-state index in [1.54, 1.807) is 6.08 Å². The molecule has 0 atom stereocenters. The topological polar surface area (TPSA) is 52.9 Å². The smallest absolute Gasteiger partial charge is 0.266 e. The number of amides is 1. The molecule has 0 aliphatic heterocycles. The molecule has 2 aromatic rings. The third-order valence-corrected chi connectivity index (χ3v) is 3.82. The predicted molar refractivity (Wildman–Crippen MR) is 82.5 cm³/mol. The zero-order valence-corrected chi connectivity index (χ0v) is 12.1. The Morgan fingerprint density at radius 2 is 1.95 bits per heavy atom. The number of carbonyl (C=O) groups is 1. The number of nitrogens with one attached hydrogen (secondary N) is 1. The maximum atomic E-state index is 12.1. The van der Waals surface area contributed by atoms with E-state index < -0.39 is 0 Å². The molecule has 1 aromatic heterocycles. The molecule has 2 rings (SSSR count). The first-order valence-electron chi connectivity index (χ1n) is 6.14. The molecule has 0 saturated carbocycles. The molecule has 0 unspecified atom stereocenters. The van der Waals surface area contributed by atoms with E-state index in [4.69, 9.17) is 5.26 Å². The Bertz CT molecular complexity index is 690. The summed E-state index contributed by atoms with van der Waals surface area (Å²) in [6, 6.07) is 11.4. The van der Waals surface area contributed by atoms with E-state index in [-0.39, 0.29) is 11.5 Å². The Hall–Kier alpha value is -2.38. The van der Waals surface area contributed by atoms with Gasteiger partial charge in [-0.2, -0.15) is 5.26 Å². The van der Waals surface area contributed by atoms with Gasteiger partial charge in [0.2, 0.25) is 0 Å². The number of thiophene rings is 1. The van der Waals surface area contributed by atoms with E-state index in [1.807, 2.05) is 55.6 Å². The van der Waals surface area contributed by atoms with Crippen LogP contribution in [0.4, 0.5) is 5.69 Å². The van der Waals surface area contributed by atoms with Crippen LogP contribution in [0, 0.1) is 25.2 Å². The van der Waals surface area contributed by atoms with Crippen LogP contribution >= 0.6 is 11.3 Å². The zero-order valence-electron chi connectivity index (χ0n) is 11.3. The molecule has 0 aliphatic rings. The molecule has 0 radical (unpaired) electrons. The molecule has 1 aromatic carbocycles. The summed E-state index contributed by atoms with van der Waals surface area (Å²) >= 11 is 1.51. The fourth-order valence-electron chi connectivity index (χ4n) is 1.65. The highest BCUT2D eigenvalue weighted by molar-refractivity contribution is 7.11. The van der Waals surface area contributed by atoms with Crippen LogP contribution in [-0.4, -0.2) is 5.91 Å². The van der Waals surface area contributed by atoms with Gasteiger partial charge in [0.1, 0.15) is 11.6 Å². The van der Waals surface area contributed by atoms with Crippen molar-refractivity contribution in [1.29, 1.82) is 5.26 Å². The van der Waals surface area contributed by atoms with E-state index in [2.05, 4.69) is 5.32 Å². The highest BCUT2D eigenvalue weighted by Crippen LogP contribution is 2.19. The number of hydrogen-bond donors (Lipinski definition) is 1. The van der Waals surface area contributed by atoms with Gasteiger partial charge >= 0.3 is 0 Å². The molecule has 4 heteroatoms. The number of nitriles is 1. The van der Waals surface area contributed by atoms with Gasteiger partial charge in [0, 0.05) is 10.6 Å². The summed E-state index contributed by atoms with van der Waals surface area (Å²) < 4.78 is 0. The van der Waals surface area contributed by atoms with Crippen LogP contribution < -0.4 is 5.32 Å². The van der Waals surface area contributed by atoms with Gasteiger partial charge in [0.25, 0.3) is 5.91 Å².